The normalized spacial score (nSPS) is 10.5. The molecule has 0 spiro atoms. The van der Waals surface area contributed by atoms with Crippen LogP contribution in [0.15, 0.2) is 60.3 Å². The van der Waals surface area contributed by atoms with Gasteiger partial charge in [-0.05, 0) is 48.5 Å². The van der Waals surface area contributed by atoms with E-state index in [9.17, 15) is 14.4 Å². The van der Waals surface area contributed by atoms with Crippen molar-refractivity contribution in [3.05, 3.63) is 71.4 Å². The molecule has 0 bridgehead atoms. The maximum atomic E-state index is 12.1. The van der Waals surface area contributed by atoms with E-state index in [0.29, 0.717) is 16.9 Å². The highest BCUT2D eigenvalue weighted by atomic mass is 16.4. The van der Waals surface area contributed by atoms with Crippen LogP contribution in [0.2, 0.25) is 0 Å². The third-order valence-corrected chi connectivity index (χ3v) is 3.31. The minimum atomic E-state index is -1.08. The summed E-state index contributed by atoms with van der Waals surface area (Å²) in [5.74, 6) is -2.29. The van der Waals surface area contributed by atoms with Crippen molar-refractivity contribution in [1.82, 2.24) is 0 Å². The molecule has 0 aliphatic rings. The van der Waals surface area contributed by atoms with Gasteiger partial charge in [0.1, 0.15) is 11.6 Å². The Kier molecular flexibility index (Phi) is 5.69. The number of carboxylic acids is 1. The first-order valence-electron chi connectivity index (χ1n) is 7.32. The van der Waals surface area contributed by atoms with Crippen LogP contribution in [0.4, 0.5) is 11.4 Å². The van der Waals surface area contributed by atoms with E-state index in [1.807, 2.05) is 0 Å². The summed E-state index contributed by atoms with van der Waals surface area (Å²) in [5.41, 5.74) is 6.29. The number of rotatable bonds is 6. The van der Waals surface area contributed by atoms with Crippen LogP contribution in [-0.2, 0) is 4.79 Å². The monoisotopic (exact) mass is 350 g/mol. The number of amides is 2. The molecule has 0 atom stereocenters. The van der Waals surface area contributed by atoms with Gasteiger partial charge < -0.3 is 21.5 Å². The first-order valence-corrected chi connectivity index (χ1v) is 7.32. The average molecular weight is 350 g/mol. The van der Waals surface area contributed by atoms with Gasteiger partial charge in [-0.2, -0.15) is 5.26 Å². The van der Waals surface area contributed by atoms with Crippen LogP contribution in [0.3, 0.4) is 0 Å². The highest BCUT2D eigenvalue weighted by molar-refractivity contribution is 6.06. The molecule has 0 aromatic heterocycles. The van der Waals surface area contributed by atoms with Crippen molar-refractivity contribution in [3.63, 3.8) is 0 Å². The first kappa shape index (κ1) is 18.2. The molecule has 0 heterocycles. The number of carbonyl (C=O) groups is 3. The van der Waals surface area contributed by atoms with Gasteiger partial charge in [0.25, 0.3) is 5.91 Å². The molecule has 8 heteroatoms. The summed E-state index contributed by atoms with van der Waals surface area (Å²) in [6, 6.07) is 13.5. The zero-order valence-electron chi connectivity index (χ0n) is 13.4. The number of aromatic carboxylic acids is 1. The Morgan fingerprint density at radius 3 is 2.00 bits per heavy atom. The van der Waals surface area contributed by atoms with Crippen molar-refractivity contribution in [1.29, 1.82) is 5.26 Å². The van der Waals surface area contributed by atoms with E-state index < -0.39 is 17.8 Å². The van der Waals surface area contributed by atoms with Crippen molar-refractivity contribution < 1.29 is 19.5 Å². The minimum absolute atomic E-state index is 0.0834. The molecule has 2 aromatic rings. The fourth-order valence-electron chi connectivity index (χ4n) is 1.93. The third kappa shape index (κ3) is 4.69. The smallest absolute Gasteiger partial charge is 0.335 e. The number of carbonyl (C=O) groups excluding carboxylic acids is 2. The van der Waals surface area contributed by atoms with Gasteiger partial charge in [-0.15, -0.1) is 0 Å². The van der Waals surface area contributed by atoms with Crippen molar-refractivity contribution in [2.45, 2.75) is 0 Å². The predicted octanol–water partition coefficient (Wildman–Crippen LogP) is 1.94. The lowest BCUT2D eigenvalue weighted by atomic mass is 10.2. The molecule has 0 saturated carbocycles. The molecule has 0 fully saturated rings. The molecular formula is C18H14N4O4. The first-order chi connectivity index (χ1) is 12.4. The van der Waals surface area contributed by atoms with E-state index in [0.717, 1.165) is 0 Å². The topological polar surface area (TPSA) is 145 Å². The van der Waals surface area contributed by atoms with Gasteiger partial charge >= 0.3 is 5.97 Å². The second-order valence-corrected chi connectivity index (χ2v) is 5.09. The van der Waals surface area contributed by atoms with Crippen LogP contribution in [-0.4, -0.2) is 22.9 Å². The number of primary amides is 1. The van der Waals surface area contributed by atoms with E-state index in [-0.39, 0.29) is 11.1 Å². The maximum Gasteiger partial charge on any atom is 0.335 e. The van der Waals surface area contributed by atoms with Crippen molar-refractivity contribution in [3.8, 4) is 6.07 Å². The van der Waals surface area contributed by atoms with Gasteiger partial charge in [-0.3, -0.25) is 9.59 Å². The summed E-state index contributed by atoms with van der Waals surface area (Å²) >= 11 is 0. The van der Waals surface area contributed by atoms with Crippen molar-refractivity contribution in [2.24, 2.45) is 5.73 Å². The SMILES string of the molecule is N#C/C(=C/Nc1ccc(C(N)=O)cc1)C(=O)Nc1ccc(C(=O)O)cc1. The van der Waals surface area contributed by atoms with Crippen LogP contribution in [0.25, 0.3) is 0 Å². The second-order valence-electron chi connectivity index (χ2n) is 5.09. The van der Waals surface area contributed by atoms with E-state index in [1.54, 1.807) is 18.2 Å². The summed E-state index contributed by atoms with van der Waals surface area (Å²) in [5, 5.41) is 23.2. The van der Waals surface area contributed by atoms with Crippen LogP contribution < -0.4 is 16.4 Å². The summed E-state index contributed by atoms with van der Waals surface area (Å²) in [6.45, 7) is 0. The molecule has 0 aliphatic heterocycles. The van der Waals surface area contributed by atoms with Gasteiger partial charge in [0, 0.05) is 23.1 Å². The van der Waals surface area contributed by atoms with Crippen LogP contribution in [0.1, 0.15) is 20.7 Å². The molecule has 8 nitrogen and oxygen atoms in total. The fraction of sp³-hybridized carbons (Fsp3) is 0. The molecule has 2 aromatic carbocycles. The zero-order chi connectivity index (χ0) is 19.1. The Labute approximate surface area is 148 Å². The van der Waals surface area contributed by atoms with E-state index in [4.69, 9.17) is 16.1 Å². The molecule has 0 aliphatic carbocycles. The summed E-state index contributed by atoms with van der Waals surface area (Å²) < 4.78 is 0. The molecule has 130 valence electrons. The molecule has 2 rings (SSSR count). The summed E-state index contributed by atoms with van der Waals surface area (Å²) in [7, 11) is 0. The van der Waals surface area contributed by atoms with E-state index in [1.165, 1.54) is 42.6 Å². The number of nitrogens with zero attached hydrogens (tertiary/aromatic N) is 1. The average Bonchev–Trinajstić information content (AvgIpc) is 2.63. The second kappa shape index (κ2) is 8.12. The Bertz CT molecular complexity index is 910. The number of carboxylic acid groups (broad SMARTS) is 1. The van der Waals surface area contributed by atoms with E-state index in [2.05, 4.69) is 10.6 Å². The van der Waals surface area contributed by atoms with E-state index >= 15 is 0 Å². The lowest BCUT2D eigenvalue weighted by molar-refractivity contribution is -0.112. The number of nitrogens with two attached hydrogens (primary N) is 1. The molecule has 0 radical (unpaired) electrons. The highest BCUT2D eigenvalue weighted by Crippen LogP contribution is 2.12. The number of hydrogen-bond acceptors (Lipinski definition) is 5. The van der Waals surface area contributed by atoms with Crippen LogP contribution in [0.5, 0.6) is 0 Å². The van der Waals surface area contributed by atoms with Crippen LogP contribution >= 0.6 is 0 Å². The van der Waals surface area contributed by atoms with Crippen molar-refractivity contribution >= 4 is 29.2 Å². The molecule has 2 amide bonds. The Morgan fingerprint density at radius 1 is 0.962 bits per heavy atom. The minimum Gasteiger partial charge on any atom is -0.478 e. The zero-order valence-corrected chi connectivity index (χ0v) is 13.4. The third-order valence-electron chi connectivity index (χ3n) is 3.31. The Morgan fingerprint density at radius 2 is 1.50 bits per heavy atom. The number of anilines is 2. The van der Waals surface area contributed by atoms with Gasteiger partial charge in [-0.25, -0.2) is 4.79 Å². The maximum absolute atomic E-state index is 12.1. The molecular weight excluding hydrogens is 336 g/mol. The number of nitriles is 1. The largest absolute Gasteiger partial charge is 0.478 e. The number of nitrogens with one attached hydrogen (secondary N) is 2. The molecule has 5 N–H and O–H groups in total. The number of benzene rings is 2. The molecule has 26 heavy (non-hydrogen) atoms. The Balaban J connectivity index is 2.05. The lowest BCUT2D eigenvalue weighted by Crippen LogP contribution is -2.14. The van der Waals surface area contributed by atoms with Gasteiger partial charge in [0.15, 0.2) is 0 Å². The quantitative estimate of drug-likeness (QED) is 0.463. The van der Waals surface area contributed by atoms with Crippen LogP contribution in [0, 0.1) is 11.3 Å². The molecule has 0 saturated heterocycles. The van der Waals surface area contributed by atoms with Gasteiger partial charge in [-0.1, -0.05) is 0 Å². The highest BCUT2D eigenvalue weighted by Gasteiger charge is 2.10. The van der Waals surface area contributed by atoms with Crippen molar-refractivity contribution in [2.75, 3.05) is 10.6 Å². The molecule has 0 unspecified atom stereocenters. The summed E-state index contributed by atoms with van der Waals surface area (Å²) in [6.07, 6.45) is 1.22. The van der Waals surface area contributed by atoms with Gasteiger partial charge in [0.2, 0.25) is 5.91 Å². The Hall–Kier alpha value is -4.12. The number of hydrogen-bond donors (Lipinski definition) is 4. The lowest BCUT2D eigenvalue weighted by Gasteiger charge is -2.06. The predicted molar refractivity (Wildman–Crippen MR) is 94.3 cm³/mol. The summed E-state index contributed by atoms with van der Waals surface area (Å²) in [4.78, 5) is 33.9. The standard InChI is InChI=1S/C18H14N4O4/c19-9-13(10-21-14-5-1-11(2-6-14)16(20)23)17(24)22-15-7-3-12(4-8-15)18(25)26/h1-8,10,21H,(H2,20,23)(H,22,24)(H,25,26)/b13-10-. The fourth-order valence-corrected chi connectivity index (χ4v) is 1.93. The van der Waals surface area contributed by atoms with Gasteiger partial charge in [0.05, 0.1) is 5.56 Å².